The molecule has 1 N–H and O–H groups in total. The van der Waals surface area contributed by atoms with E-state index in [1.165, 1.54) is 19.6 Å². The van der Waals surface area contributed by atoms with Gasteiger partial charge in [0.05, 0.1) is 19.4 Å². The zero-order valence-corrected chi connectivity index (χ0v) is 18.2. The second-order valence-corrected chi connectivity index (χ2v) is 7.35. The van der Waals surface area contributed by atoms with Crippen molar-refractivity contribution in [1.82, 2.24) is 19.2 Å². The fourth-order valence-electron chi connectivity index (χ4n) is 3.15. The molecule has 8 nitrogen and oxygen atoms in total. The van der Waals surface area contributed by atoms with E-state index in [4.69, 9.17) is 4.74 Å². The largest absolute Gasteiger partial charge is 0.537 e. The molecule has 1 amide bonds. The first kappa shape index (κ1) is 20.8. The summed E-state index contributed by atoms with van der Waals surface area (Å²) < 4.78 is 11.4. The Hall–Kier alpha value is -4.47. The maximum absolute atomic E-state index is 12.8. The molecule has 1 aliphatic rings. The van der Waals surface area contributed by atoms with Crippen LogP contribution in [0.3, 0.4) is 0 Å². The van der Waals surface area contributed by atoms with Crippen LogP contribution < -0.4 is 34.9 Å². The highest BCUT2D eigenvalue weighted by Gasteiger charge is 2.19. The van der Waals surface area contributed by atoms with Crippen LogP contribution in [0.4, 0.5) is 11.4 Å². The van der Waals surface area contributed by atoms with Gasteiger partial charge in [-0.05, 0) is 39.9 Å². The molecule has 0 saturated heterocycles. The maximum Gasteiger partial charge on any atom is 0.537 e. The van der Waals surface area contributed by atoms with E-state index in [-0.39, 0.29) is 5.91 Å². The van der Waals surface area contributed by atoms with Crippen molar-refractivity contribution in [3.8, 4) is 17.8 Å². The summed E-state index contributed by atoms with van der Waals surface area (Å²) >= 11 is 0. The molecule has 0 radical (unpaired) electrons. The van der Waals surface area contributed by atoms with Crippen molar-refractivity contribution in [2.24, 2.45) is 0 Å². The van der Waals surface area contributed by atoms with Crippen molar-refractivity contribution >= 4 is 23.6 Å². The van der Waals surface area contributed by atoms with Gasteiger partial charge in [-0.3, -0.25) is 4.79 Å². The van der Waals surface area contributed by atoms with Crippen LogP contribution in [0.25, 0.3) is 0 Å². The van der Waals surface area contributed by atoms with Gasteiger partial charge < -0.3 is 15.0 Å². The number of ether oxygens (including phenoxy) is 1. The van der Waals surface area contributed by atoms with E-state index in [9.17, 15) is 4.79 Å². The summed E-state index contributed by atoms with van der Waals surface area (Å²) in [5.41, 5.74) is 3.66. The van der Waals surface area contributed by atoms with Gasteiger partial charge in [0.2, 0.25) is 11.9 Å². The SMILES string of the molecule is COc1ncncc1NC(=O)c1ccc(C)c(C#C[N+]2=c3ccc(N(C)C)cc3=[N+]=C2)c1. The molecular formula is C24H22N6O2+2. The first-order valence-corrected chi connectivity index (χ1v) is 9.88. The van der Waals surface area contributed by atoms with Crippen molar-refractivity contribution in [2.45, 2.75) is 6.92 Å². The van der Waals surface area contributed by atoms with Crippen molar-refractivity contribution in [2.75, 3.05) is 31.4 Å². The number of hydrogen-bond acceptors (Lipinski definition) is 5. The molecular weight excluding hydrogens is 404 g/mol. The van der Waals surface area contributed by atoms with Gasteiger partial charge in [0.1, 0.15) is 12.0 Å². The lowest BCUT2D eigenvalue weighted by Crippen LogP contribution is -2.33. The third-order valence-electron chi connectivity index (χ3n) is 4.98. The van der Waals surface area contributed by atoms with E-state index in [1.807, 2.05) is 50.2 Å². The van der Waals surface area contributed by atoms with Crippen LogP contribution >= 0.6 is 0 Å². The number of aromatic nitrogens is 2. The van der Waals surface area contributed by atoms with Gasteiger partial charge in [-0.1, -0.05) is 6.07 Å². The molecule has 8 heteroatoms. The lowest BCUT2D eigenvalue weighted by Gasteiger charge is -2.09. The Kier molecular flexibility index (Phi) is 5.67. The Bertz CT molecular complexity index is 1440. The van der Waals surface area contributed by atoms with E-state index in [0.717, 1.165) is 27.5 Å². The summed E-state index contributed by atoms with van der Waals surface area (Å²) in [5.74, 6) is 3.16. The number of rotatable bonds is 4. The third kappa shape index (κ3) is 4.19. The topological polar surface area (TPSA) is 84.5 Å². The molecule has 0 unspecified atom stereocenters. The zero-order chi connectivity index (χ0) is 22.7. The second-order valence-electron chi connectivity index (χ2n) is 7.35. The molecule has 0 fully saturated rings. The van der Waals surface area contributed by atoms with E-state index in [0.29, 0.717) is 17.1 Å². The van der Waals surface area contributed by atoms with Gasteiger partial charge in [0.15, 0.2) is 0 Å². The van der Waals surface area contributed by atoms with Crippen molar-refractivity contribution < 1.29 is 9.53 Å². The summed E-state index contributed by atoms with van der Waals surface area (Å²) in [5, 5.41) is 4.57. The Morgan fingerprint density at radius 1 is 1.22 bits per heavy atom. The Morgan fingerprint density at radius 3 is 2.84 bits per heavy atom. The molecule has 1 aliphatic heterocycles. The number of nitrogens with zero attached hydrogens (tertiary/aromatic N) is 5. The fraction of sp³-hybridized carbons (Fsp3) is 0.167. The summed E-state index contributed by atoms with van der Waals surface area (Å²) in [6.45, 7) is 1.95. The summed E-state index contributed by atoms with van der Waals surface area (Å²) in [4.78, 5) is 22.7. The van der Waals surface area contributed by atoms with Gasteiger partial charge >= 0.3 is 17.1 Å². The maximum atomic E-state index is 12.8. The predicted octanol–water partition coefficient (Wildman–Crippen LogP) is 0.341. The van der Waals surface area contributed by atoms with Crippen LogP contribution in [-0.4, -0.2) is 43.4 Å². The minimum atomic E-state index is -0.301. The molecule has 158 valence electrons. The Balaban J connectivity index is 1.63. The van der Waals surface area contributed by atoms with Crippen LogP contribution in [0.1, 0.15) is 21.5 Å². The molecule has 0 saturated carbocycles. The van der Waals surface area contributed by atoms with E-state index >= 15 is 0 Å². The molecule has 0 aliphatic carbocycles. The predicted molar refractivity (Wildman–Crippen MR) is 123 cm³/mol. The van der Waals surface area contributed by atoms with Crippen LogP contribution in [-0.2, 0) is 0 Å². The highest BCUT2D eigenvalue weighted by molar-refractivity contribution is 6.05. The third-order valence-corrected chi connectivity index (χ3v) is 4.98. The van der Waals surface area contributed by atoms with Gasteiger partial charge in [-0.15, -0.1) is 0 Å². The number of benzene rings is 2. The lowest BCUT2D eigenvalue weighted by atomic mass is 10.0. The number of amides is 1. The van der Waals surface area contributed by atoms with Crippen LogP contribution in [0.15, 0.2) is 48.9 Å². The number of carbonyl (C=O) groups is 1. The van der Waals surface area contributed by atoms with Crippen molar-refractivity contribution in [3.63, 3.8) is 0 Å². The van der Waals surface area contributed by atoms with Gasteiger partial charge in [0, 0.05) is 42.9 Å². The molecule has 0 atom stereocenters. The molecule has 2 heterocycles. The Labute approximate surface area is 185 Å². The van der Waals surface area contributed by atoms with Crippen LogP contribution in [0.5, 0.6) is 5.88 Å². The molecule has 32 heavy (non-hydrogen) atoms. The number of anilines is 2. The number of methoxy groups -OCH3 is 1. The number of hydrogen-bond donors (Lipinski definition) is 1. The molecule has 0 spiro atoms. The molecule has 2 aromatic carbocycles. The first-order chi connectivity index (χ1) is 15.5. The van der Waals surface area contributed by atoms with Crippen molar-refractivity contribution in [3.05, 3.63) is 76.3 Å². The van der Waals surface area contributed by atoms with E-state index in [1.54, 1.807) is 23.0 Å². The highest BCUT2D eigenvalue weighted by atomic mass is 16.5. The van der Waals surface area contributed by atoms with E-state index in [2.05, 4.69) is 31.9 Å². The standard InChI is InChI=1S/C24H21N6O2/c1-16-5-6-18(23(31)28-21-13-25-14-26-24(21)32-4)11-17(16)9-10-30-15-27-20-12-19(29(2)3)7-8-22(20)30/h5-8,11-15H,1-4H3/q+1/p+1. The molecule has 4 rings (SSSR count). The minimum absolute atomic E-state index is 0.296. The van der Waals surface area contributed by atoms with Crippen LogP contribution in [0.2, 0.25) is 0 Å². The quantitative estimate of drug-likeness (QED) is 0.370. The van der Waals surface area contributed by atoms with Crippen LogP contribution in [0, 0.1) is 18.9 Å². The lowest BCUT2D eigenvalue weighted by molar-refractivity contribution is 0.102. The summed E-state index contributed by atoms with van der Waals surface area (Å²) in [6.07, 6.45) is 4.55. The average Bonchev–Trinajstić information content (AvgIpc) is 3.21. The molecule has 1 aromatic heterocycles. The fourth-order valence-corrected chi connectivity index (χ4v) is 3.15. The number of nitrogens with one attached hydrogen (secondary N) is 1. The molecule has 3 aromatic rings. The van der Waals surface area contributed by atoms with Gasteiger partial charge in [0.25, 0.3) is 5.91 Å². The smallest absolute Gasteiger partial charge is 0.479 e. The number of aryl methyl sites for hydroxylation is 1. The second kappa shape index (κ2) is 8.72. The average molecular weight is 426 g/mol. The minimum Gasteiger partial charge on any atom is -0.479 e. The van der Waals surface area contributed by atoms with Crippen molar-refractivity contribution in [1.29, 1.82) is 0 Å². The number of carbonyl (C=O) groups excluding carboxylic acids is 1. The van der Waals surface area contributed by atoms with E-state index < -0.39 is 0 Å². The van der Waals surface area contributed by atoms with Gasteiger partial charge in [-0.25, -0.2) is 4.98 Å². The normalized spacial score (nSPS) is 11.2. The Morgan fingerprint density at radius 2 is 2.06 bits per heavy atom. The number of fused-ring (bicyclic) bond motifs is 1. The monoisotopic (exact) mass is 426 g/mol. The highest BCUT2D eigenvalue weighted by Crippen LogP contribution is 2.20. The zero-order valence-electron chi connectivity index (χ0n) is 18.2. The first-order valence-electron chi connectivity index (χ1n) is 9.88. The molecule has 0 bridgehead atoms. The summed E-state index contributed by atoms with van der Waals surface area (Å²) in [7, 11) is 5.47. The van der Waals surface area contributed by atoms with Gasteiger partial charge in [-0.2, -0.15) is 4.98 Å². The summed E-state index contributed by atoms with van der Waals surface area (Å²) in [6, 6.07) is 14.6.